The molecule has 0 saturated heterocycles. The van der Waals surface area contributed by atoms with Gasteiger partial charge in [0.05, 0.1) is 0 Å². The van der Waals surface area contributed by atoms with Gasteiger partial charge >= 0.3 is 0 Å². The van der Waals surface area contributed by atoms with Gasteiger partial charge in [-0.15, -0.1) is 12.4 Å². The molecule has 1 heterocycles. The molecule has 1 aliphatic heterocycles. The number of rotatable bonds is 1. The average molecular weight is 150 g/mol. The summed E-state index contributed by atoms with van der Waals surface area (Å²) in [5, 5.41) is 2.77. The van der Waals surface area contributed by atoms with Gasteiger partial charge in [0.2, 0.25) is 5.88 Å². The van der Waals surface area contributed by atoms with E-state index >= 15 is 0 Å². The summed E-state index contributed by atoms with van der Waals surface area (Å²) in [6.07, 6.45) is 4.41. The fourth-order valence-corrected chi connectivity index (χ4v) is 0.380. The Kier molecular flexibility index (Phi) is 3.71. The highest BCUT2D eigenvalue weighted by Gasteiger charge is 1.93. The van der Waals surface area contributed by atoms with E-state index < -0.39 is 0 Å². The Morgan fingerprint density at radius 3 is 2.56 bits per heavy atom. The Labute approximate surface area is 59.7 Å². The van der Waals surface area contributed by atoms with E-state index in [0.29, 0.717) is 5.88 Å². The van der Waals surface area contributed by atoms with Gasteiger partial charge < -0.3 is 14.8 Å². The maximum Gasteiger partial charge on any atom is 0.228 e. The zero-order valence-corrected chi connectivity index (χ0v) is 5.77. The average Bonchev–Trinajstić information content (AvgIpc) is 1.90. The number of hydrogen-bond acceptors (Lipinski definition) is 3. The van der Waals surface area contributed by atoms with E-state index in [4.69, 9.17) is 9.47 Å². The molecule has 3 nitrogen and oxygen atoms in total. The SMILES string of the molecule is CNC1=COC=CO1.Cl. The number of hydrogen-bond donors (Lipinski definition) is 1. The van der Waals surface area contributed by atoms with Crippen LogP contribution in [0.1, 0.15) is 0 Å². The van der Waals surface area contributed by atoms with E-state index in [-0.39, 0.29) is 12.4 Å². The minimum Gasteiger partial charge on any atom is -0.464 e. The van der Waals surface area contributed by atoms with Crippen LogP contribution in [-0.4, -0.2) is 7.05 Å². The molecule has 52 valence electrons. The second-order valence-corrected chi connectivity index (χ2v) is 1.26. The predicted octanol–water partition coefficient (Wildman–Crippen LogP) is 0.944. The van der Waals surface area contributed by atoms with Crippen molar-refractivity contribution < 1.29 is 9.47 Å². The maximum atomic E-state index is 4.87. The van der Waals surface area contributed by atoms with Crippen LogP contribution < -0.4 is 5.32 Å². The number of ether oxygens (including phenoxy) is 2. The molecule has 0 fully saturated rings. The standard InChI is InChI=1S/C5H7NO2.ClH/c1-6-5-4-7-2-3-8-5;/h2-4,6H,1H3;1H. The van der Waals surface area contributed by atoms with Crippen LogP contribution >= 0.6 is 12.4 Å². The van der Waals surface area contributed by atoms with Crippen LogP contribution in [0.4, 0.5) is 0 Å². The Hall–Kier alpha value is -0.830. The lowest BCUT2D eigenvalue weighted by Gasteiger charge is -2.06. The summed E-state index contributed by atoms with van der Waals surface area (Å²) >= 11 is 0. The highest BCUT2D eigenvalue weighted by atomic mass is 35.5. The first-order chi connectivity index (χ1) is 3.93. The summed E-state index contributed by atoms with van der Waals surface area (Å²) < 4.78 is 9.61. The molecule has 0 aromatic rings. The monoisotopic (exact) mass is 149 g/mol. The minimum atomic E-state index is 0. The second-order valence-electron chi connectivity index (χ2n) is 1.26. The summed E-state index contributed by atoms with van der Waals surface area (Å²) in [6, 6.07) is 0. The third-order valence-corrected chi connectivity index (χ3v) is 0.751. The molecule has 0 bridgehead atoms. The molecule has 9 heavy (non-hydrogen) atoms. The molecule has 0 atom stereocenters. The Balaban J connectivity index is 0.000000640. The topological polar surface area (TPSA) is 30.5 Å². The second kappa shape index (κ2) is 4.09. The third kappa shape index (κ3) is 2.28. The van der Waals surface area contributed by atoms with E-state index in [2.05, 4.69) is 5.32 Å². The molecule has 0 spiro atoms. The van der Waals surface area contributed by atoms with Gasteiger partial charge in [0.1, 0.15) is 12.5 Å². The normalized spacial score (nSPS) is 14.1. The van der Waals surface area contributed by atoms with Crippen LogP contribution in [-0.2, 0) is 9.47 Å². The number of halogens is 1. The zero-order valence-electron chi connectivity index (χ0n) is 4.96. The van der Waals surface area contributed by atoms with Gasteiger partial charge in [-0.1, -0.05) is 0 Å². The third-order valence-electron chi connectivity index (χ3n) is 0.751. The molecule has 1 aliphatic rings. The van der Waals surface area contributed by atoms with E-state index in [1.54, 1.807) is 7.05 Å². The van der Waals surface area contributed by atoms with Crippen molar-refractivity contribution in [2.45, 2.75) is 0 Å². The lowest BCUT2D eigenvalue weighted by molar-refractivity contribution is 0.239. The first-order valence-electron chi connectivity index (χ1n) is 2.28. The van der Waals surface area contributed by atoms with E-state index in [1.807, 2.05) is 0 Å². The first kappa shape index (κ1) is 8.17. The van der Waals surface area contributed by atoms with Gasteiger partial charge in [-0.2, -0.15) is 0 Å². The highest BCUT2D eigenvalue weighted by Crippen LogP contribution is 1.99. The molecule has 0 amide bonds. The van der Waals surface area contributed by atoms with Crippen LogP contribution in [0.3, 0.4) is 0 Å². The quantitative estimate of drug-likeness (QED) is 0.602. The summed E-state index contributed by atoms with van der Waals surface area (Å²) in [7, 11) is 1.76. The molecule has 1 N–H and O–H groups in total. The van der Waals surface area contributed by atoms with E-state index in [9.17, 15) is 0 Å². The summed E-state index contributed by atoms with van der Waals surface area (Å²) in [5.41, 5.74) is 0. The van der Waals surface area contributed by atoms with Gasteiger partial charge in [-0.05, 0) is 0 Å². The van der Waals surface area contributed by atoms with Crippen LogP contribution in [0.15, 0.2) is 24.7 Å². The molecule has 0 unspecified atom stereocenters. The van der Waals surface area contributed by atoms with E-state index in [0.717, 1.165) is 0 Å². The van der Waals surface area contributed by atoms with Gasteiger partial charge in [0.15, 0.2) is 6.26 Å². The Bertz CT molecular complexity index is 133. The van der Waals surface area contributed by atoms with Crippen molar-refractivity contribution in [2.24, 2.45) is 0 Å². The first-order valence-corrected chi connectivity index (χ1v) is 2.28. The lowest BCUT2D eigenvalue weighted by atomic mass is 10.8. The lowest BCUT2D eigenvalue weighted by Crippen LogP contribution is -2.08. The van der Waals surface area contributed by atoms with Crippen molar-refractivity contribution in [3.63, 3.8) is 0 Å². The molecule has 0 saturated carbocycles. The van der Waals surface area contributed by atoms with E-state index in [1.165, 1.54) is 18.8 Å². The minimum absolute atomic E-state index is 0. The van der Waals surface area contributed by atoms with Crippen LogP contribution in [0.25, 0.3) is 0 Å². The smallest absolute Gasteiger partial charge is 0.228 e. The van der Waals surface area contributed by atoms with Crippen LogP contribution in [0, 0.1) is 0 Å². The van der Waals surface area contributed by atoms with Crippen molar-refractivity contribution in [2.75, 3.05) is 7.05 Å². The van der Waals surface area contributed by atoms with Gasteiger partial charge in [-0.25, -0.2) is 0 Å². The van der Waals surface area contributed by atoms with Crippen molar-refractivity contribution >= 4 is 12.4 Å². The maximum absolute atomic E-state index is 4.87. The molecule has 1 rings (SSSR count). The van der Waals surface area contributed by atoms with Gasteiger partial charge in [-0.3, -0.25) is 0 Å². The molecule has 0 aromatic carbocycles. The van der Waals surface area contributed by atoms with Gasteiger partial charge in [0.25, 0.3) is 0 Å². The van der Waals surface area contributed by atoms with Crippen molar-refractivity contribution in [3.8, 4) is 0 Å². The number of nitrogens with one attached hydrogen (secondary N) is 1. The van der Waals surface area contributed by atoms with Crippen molar-refractivity contribution in [3.05, 3.63) is 24.7 Å². The molecular weight excluding hydrogens is 142 g/mol. The van der Waals surface area contributed by atoms with Gasteiger partial charge in [0, 0.05) is 7.05 Å². The highest BCUT2D eigenvalue weighted by molar-refractivity contribution is 5.85. The Morgan fingerprint density at radius 2 is 2.22 bits per heavy atom. The predicted molar refractivity (Wildman–Crippen MR) is 35.7 cm³/mol. The Morgan fingerprint density at radius 1 is 1.44 bits per heavy atom. The summed E-state index contributed by atoms with van der Waals surface area (Å²) in [5.74, 6) is 0.618. The van der Waals surface area contributed by atoms with Crippen molar-refractivity contribution in [1.82, 2.24) is 5.32 Å². The molecule has 0 aliphatic carbocycles. The van der Waals surface area contributed by atoms with Crippen LogP contribution in [0.2, 0.25) is 0 Å². The fourth-order valence-electron chi connectivity index (χ4n) is 0.380. The zero-order chi connectivity index (χ0) is 5.82. The largest absolute Gasteiger partial charge is 0.464 e. The molecule has 4 heteroatoms. The summed E-state index contributed by atoms with van der Waals surface area (Å²) in [6.45, 7) is 0. The van der Waals surface area contributed by atoms with Crippen molar-refractivity contribution in [1.29, 1.82) is 0 Å². The van der Waals surface area contributed by atoms with Crippen LogP contribution in [0.5, 0.6) is 0 Å². The molecule has 0 radical (unpaired) electrons. The summed E-state index contributed by atoms with van der Waals surface area (Å²) in [4.78, 5) is 0. The molecular formula is C5H8ClNO2. The fraction of sp³-hybridized carbons (Fsp3) is 0.200. The molecule has 0 aromatic heterocycles.